The number of carbonyl (C=O) groups is 2. The second-order valence-corrected chi connectivity index (χ2v) is 8.79. The highest BCUT2D eigenvalue weighted by molar-refractivity contribution is 5.78. The number of methoxy groups -OCH3 is 2. The second-order valence-electron chi connectivity index (χ2n) is 8.79. The molecular formula is C30H30N2O8. The molecule has 3 aromatic carbocycles. The molecule has 1 N–H and O–H groups in total. The predicted molar refractivity (Wildman–Crippen MR) is 146 cm³/mol. The molecule has 0 aliphatic rings. The third-order valence-corrected chi connectivity index (χ3v) is 5.98. The molecule has 0 fully saturated rings. The van der Waals surface area contributed by atoms with Crippen LogP contribution >= 0.6 is 0 Å². The maximum absolute atomic E-state index is 12.7. The first-order valence-electron chi connectivity index (χ1n) is 12.5. The lowest BCUT2D eigenvalue weighted by Crippen LogP contribution is -2.37. The standard InChI is InChI=1S/C30H30N2O8/c1-20-27(31-29(39-20)22-6-10-23(36-2)11-7-22)16-17-38-25-8-4-21(5-9-25)18-32(19-28(33)34)30(35)40-26-14-12-24(37-3)13-15-26/h4-15H,16-19H2,1-3H3,(H,33,34). The van der Waals surface area contributed by atoms with Gasteiger partial charge in [-0.3, -0.25) is 9.69 Å². The molecular weight excluding hydrogens is 516 g/mol. The number of carbonyl (C=O) groups excluding carboxylic acids is 1. The van der Waals surface area contributed by atoms with E-state index in [4.69, 9.17) is 23.4 Å². The fourth-order valence-corrected chi connectivity index (χ4v) is 3.85. The largest absolute Gasteiger partial charge is 0.497 e. The van der Waals surface area contributed by atoms with E-state index in [-0.39, 0.29) is 12.3 Å². The Hall–Kier alpha value is -4.99. The van der Waals surface area contributed by atoms with E-state index in [1.165, 1.54) is 7.11 Å². The van der Waals surface area contributed by atoms with Crippen molar-refractivity contribution < 1.29 is 38.1 Å². The van der Waals surface area contributed by atoms with Crippen LogP contribution in [0.4, 0.5) is 4.79 Å². The lowest BCUT2D eigenvalue weighted by molar-refractivity contribution is -0.138. The van der Waals surface area contributed by atoms with Crippen LogP contribution in [0, 0.1) is 6.92 Å². The minimum absolute atomic E-state index is 0.0494. The number of rotatable bonds is 12. The van der Waals surface area contributed by atoms with E-state index < -0.39 is 18.6 Å². The first-order chi connectivity index (χ1) is 19.3. The van der Waals surface area contributed by atoms with Crippen molar-refractivity contribution in [2.24, 2.45) is 0 Å². The highest BCUT2D eigenvalue weighted by Gasteiger charge is 2.20. The number of nitrogens with zero attached hydrogens (tertiary/aromatic N) is 2. The van der Waals surface area contributed by atoms with Gasteiger partial charge in [-0.2, -0.15) is 0 Å². The first kappa shape index (κ1) is 28.0. The molecule has 10 heteroatoms. The van der Waals surface area contributed by atoms with E-state index >= 15 is 0 Å². The average molecular weight is 547 g/mol. The molecule has 0 saturated heterocycles. The van der Waals surface area contributed by atoms with Gasteiger partial charge in [0.25, 0.3) is 0 Å². The normalized spacial score (nSPS) is 10.6. The van der Waals surface area contributed by atoms with E-state index in [1.807, 2.05) is 31.2 Å². The number of aliphatic carboxylic acids is 1. The number of hydrogen-bond acceptors (Lipinski definition) is 8. The van der Waals surface area contributed by atoms with Crippen LogP contribution in [0.1, 0.15) is 17.0 Å². The van der Waals surface area contributed by atoms with Crippen LogP contribution in [-0.4, -0.2) is 54.4 Å². The highest BCUT2D eigenvalue weighted by Crippen LogP contribution is 2.25. The van der Waals surface area contributed by atoms with Gasteiger partial charge in [0.1, 0.15) is 35.3 Å². The van der Waals surface area contributed by atoms with Crippen LogP contribution in [-0.2, 0) is 17.8 Å². The molecule has 4 aromatic rings. The molecule has 40 heavy (non-hydrogen) atoms. The van der Waals surface area contributed by atoms with Gasteiger partial charge in [0.05, 0.1) is 26.5 Å². The Bertz CT molecular complexity index is 1410. The lowest BCUT2D eigenvalue weighted by Gasteiger charge is -2.20. The number of aromatic nitrogens is 1. The summed E-state index contributed by atoms with van der Waals surface area (Å²) in [6.45, 7) is 1.79. The number of aryl methyl sites for hydroxylation is 1. The Morgan fingerprint density at radius 3 is 2.02 bits per heavy atom. The Labute approximate surface area is 231 Å². The maximum atomic E-state index is 12.7. The molecule has 0 spiro atoms. The summed E-state index contributed by atoms with van der Waals surface area (Å²) in [4.78, 5) is 29.7. The van der Waals surface area contributed by atoms with Crippen molar-refractivity contribution in [1.29, 1.82) is 0 Å². The number of hydrogen-bond donors (Lipinski definition) is 1. The van der Waals surface area contributed by atoms with Gasteiger partial charge in [0.2, 0.25) is 5.89 Å². The zero-order chi connectivity index (χ0) is 28.5. The average Bonchev–Trinajstić information content (AvgIpc) is 3.34. The quantitative estimate of drug-likeness (QED) is 0.250. The predicted octanol–water partition coefficient (Wildman–Crippen LogP) is 5.37. The number of amides is 1. The van der Waals surface area contributed by atoms with Crippen LogP contribution in [0.5, 0.6) is 23.0 Å². The molecule has 4 rings (SSSR count). The van der Waals surface area contributed by atoms with Gasteiger partial charge in [0.15, 0.2) is 0 Å². The van der Waals surface area contributed by atoms with Crippen molar-refractivity contribution in [2.75, 3.05) is 27.4 Å². The summed E-state index contributed by atoms with van der Waals surface area (Å²) >= 11 is 0. The fraction of sp³-hybridized carbons (Fsp3) is 0.233. The van der Waals surface area contributed by atoms with E-state index in [1.54, 1.807) is 55.6 Å². The monoisotopic (exact) mass is 546 g/mol. The van der Waals surface area contributed by atoms with Gasteiger partial charge in [-0.1, -0.05) is 12.1 Å². The molecule has 208 valence electrons. The Morgan fingerprint density at radius 2 is 1.43 bits per heavy atom. The van der Waals surface area contributed by atoms with Crippen molar-refractivity contribution in [3.8, 4) is 34.5 Å². The van der Waals surface area contributed by atoms with Gasteiger partial charge in [-0.15, -0.1) is 0 Å². The van der Waals surface area contributed by atoms with Crippen molar-refractivity contribution in [3.05, 3.63) is 89.8 Å². The minimum atomic E-state index is -1.15. The minimum Gasteiger partial charge on any atom is -0.497 e. The van der Waals surface area contributed by atoms with Crippen LogP contribution in [0.25, 0.3) is 11.5 Å². The number of carboxylic acids is 1. The molecule has 0 radical (unpaired) electrons. The molecule has 1 aromatic heterocycles. The van der Waals surface area contributed by atoms with E-state index in [2.05, 4.69) is 4.98 Å². The van der Waals surface area contributed by atoms with Gasteiger partial charge >= 0.3 is 12.1 Å². The van der Waals surface area contributed by atoms with E-state index in [0.717, 1.165) is 33.2 Å². The van der Waals surface area contributed by atoms with Crippen LogP contribution in [0.2, 0.25) is 0 Å². The summed E-state index contributed by atoms with van der Waals surface area (Å²) in [7, 11) is 3.15. The molecule has 0 saturated carbocycles. The third-order valence-electron chi connectivity index (χ3n) is 5.98. The van der Waals surface area contributed by atoms with Gasteiger partial charge < -0.3 is 28.5 Å². The first-order valence-corrected chi connectivity index (χ1v) is 12.5. The molecule has 0 aliphatic heterocycles. The van der Waals surface area contributed by atoms with E-state index in [9.17, 15) is 14.7 Å². The molecule has 0 unspecified atom stereocenters. The SMILES string of the molecule is COc1ccc(OC(=O)N(CC(=O)O)Cc2ccc(OCCc3nc(-c4ccc(OC)cc4)oc3C)cc2)cc1. The smallest absolute Gasteiger partial charge is 0.416 e. The van der Waals surface area contributed by atoms with Gasteiger partial charge in [0, 0.05) is 18.5 Å². The Morgan fingerprint density at radius 1 is 0.850 bits per heavy atom. The van der Waals surface area contributed by atoms with Crippen LogP contribution in [0.3, 0.4) is 0 Å². The highest BCUT2D eigenvalue weighted by atomic mass is 16.6. The van der Waals surface area contributed by atoms with Crippen molar-refractivity contribution in [1.82, 2.24) is 9.88 Å². The summed E-state index contributed by atoms with van der Waals surface area (Å²) < 4.78 is 27.3. The second kappa shape index (κ2) is 13.2. The number of benzene rings is 3. The zero-order valence-electron chi connectivity index (χ0n) is 22.5. The number of ether oxygens (including phenoxy) is 4. The summed E-state index contributed by atoms with van der Waals surface area (Å²) in [6.07, 6.45) is -0.221. The van der Waals surface area contributed by atoms with Crippen molar-refractivity contribution in [3.63, 3.8) is 0 Å². The van der Waals surface area contributed by atoms with Crippen molar-refractivity contribution >= 4 is 12.1 Å². The molecule has 1 heterocycles. The molecule has 0 atom stereocenters. The Balaban J connectivity index is 1.31. The molecule has 1 amide bonds. The third kappa shape index (κ3) is 7.53. The maximum Gasteiger partial charge on any atom is 0.416 e. The molecule has 0 aliphatic carbocycles. The summed E-state index contributed by atoms with van der Waals surface area (Å²) in [5, 5.41) is 9.28. The van der Waals surface area contributed by atoms with Gasteiger partial charge in [-0.25, -0.2) is 9.78 Å². The van der Waals surface area contributed by atoms with Crippen LogP contribution < -0.4 is 18.9 Å². The summed E-state index contributed by atoms with van der Waals surface area (Å²) in [5.74, 6) is 2.40. The van der Waals surface area contributed by atoms with Crippen LogP contribution in [0.15, 0.2) is 77.2 Å². The topological polar surface area (TPSA) is 121 Å². The summed E-state index contributed by atoms with van der Waals surface area (Å²) in [5.41, 5.74) is 2.38. The number of oxazole rings is 1. The molecule has 0 bridgehead atoms. The molecule has 10 nitrogen and oxygen atoms in total. The summed E-state index contributed by atoms with van der Waals surface area (Å²) in [6, 6.07) is 21.0. The zero-order valence-corrected chi connectivity index (χ0v) is 22.5. The van der Waals surface area contributed by atoms with E-state index in [0.29, 0.717) is 30.4 Å². The Kier molecular flexibility index (Phi) is 9.24. The lowest BCUT2D eigenvalue weighted by atomic mass is 10.2. The van der Waals surface area contributed by atoms with Gasteiger partial charge in [-0.05, 0) is 73.2 Å². The fourth-order valence-electron chi connectivity index (χ4n) is 3.85. The van der Waals surface area contributed by atoms with Crippen molar-refractivity contribution in [2.45, 2.75) is 19.9 Å². The number of carboxylic acid groups (broad SMARTS) is 1.